The van der Waals surface area contributed by atoms with Gasteiger partial charge in [-0.3, -0.25) is 4.90 Å². The maximum absolute atomic E-state index is 9.55. The van der Waals surface area contributed by atoms with Crippen molar-refractivity contribution in [2.75, 3.05) is 19.6 Å². The van der Waals surface area contributed by atoms with Crippen molar-refractivity contribution in [1.82, 2.24) is 9.88 Å². The number of carbonyl (C=O) groups is 2. The first kappa shape index (κ1) is 21.6. The fourth-order valence-electron chi connectivity index (χ4n) is 4.32. The van der Waals surface area contributed by atoms with Gasteiger partial charge in [-0.2, -0.15) is 0 Å². The fraction of sp³-hybridized carbons (Fsp3) is 0.280. The number of aromatic amines is 1. The van der Waals surface area contributed by atoms with Crippen molar-refractivity contribution in [3.8, 4) is 16.9 Å². The molecule has 1 atom stereocenters. The van der Waals surface area contributed by atoms with Crippen LogP contribution in [-0.4, -0.2) is 57.8 Å². The minimum atomic E-state index is -1.26. The highest BCUT2D eigenvalue weighted by atomic mass is 16.5. The Bertz CT molecular complexity index is 1090. The van der Waals surface area contributed by atoms with Gasteiger partial charge in [0.25, 0.3) is 0 Å². The molecule has 32 heavy (non-hydrogen) atoms. The topological polar surface area (TPSA) is 103 Å². The average molecular weight is 434 g/mol. The van der Waals surface area contributed by atoms with Crippen molar-refractivity contribution in [2.45, 2.75) is 18.9 Å². The lowest BCUT2D eigenvalue weighted by atomic mass is 9.86. The van der Waals surface area contributed by atoms with Gasteiger partial charge in [0.1, 0.15) is 11.9 Å². The number of carboxylic acid groups (broad SMARTS) is 2. The molecule has 6 rings (SSSR count). The molecule has 7 heteroatoms. The number of piperidine rings is 3. The Labute approximate surface area is 185 Å². The van der Waals surface area contributed by atoms with Crippen LogP contribution in [0.3, 0.4) is 0 Å². The van der Waals surface area contributed by atoms with Crippen molar-refractivity contribution in [3.05, 3.63) is 66.9 Å². The molecule has 1 aromatic heterocycles. The molecule has 166 valence electrons. The highest BCUT2D eigenvalue weighted by molar-refractivity contribution is 5.89. The van der Waals surface area contributed by atoms with Gasteiger partial charge in [-0.05, 0) is 78.7 Å². The van der Waals surface area contributed by atoms with Crippen LogP contribution >= 0.6 is 0 Å². The number of hydrogen-bond acceptors (Lipinski definition) is 4. The van der Waals surface area contributed by atoms with Crippen LogP contribution in [0.25, 0.3) is 22.0 Å². The Hall–Kier alpha value is -3.58. The van der Waals surface area contributed by atoms with Crippen molar-refractivity contribution in [3.63, 3.8) is 0 Å². The molecule has 0 aliphatic carbocycles. The second-order valence-corrected chi connectivity index (χ2v) is 8.11. The van der Waals surface area contributed by atoms with Gasteiger partial charge in [0.05, 0.1) is 0 Å². The number of fused-ring (bicyclic) bond motifs is 4. The van der Waals surface area contributed by atoms with Crippen molar-refractivity contribution in [2.24, 2.45) is 5.92 Å². The Morgan fingerprint density at radius 3 is 2.19 bits per heavy atom. The Kier molecular flexibility index (Phi) is 6.56. The standard InChI is InChI=1S/C21H22N2O.C4H4O4/c1-4-19(24-21-14-23-11-8-16(21)9-12-23)5-2-15(1)17-3-6-20-18(13-17)7-10-22-20;5-3(6)1-2-4(7)8/h1-7,10,13,16,21-22H,8-9,11-12,14H2;1-2H,(H,5,6)(H,7,8)/b;2-1+/t21-;/m0./s1. The van der Waals surface area contributed by atoms with E-state index in [4.69, 9.17) is 14.9 Å². The first-order valence-corrected chi connectivity index (χ1v) is 10.7. The lowest BCUT2D eigenvalue weighted by Gasteiger charge is -2.44. The highest BCUT2D eigenvalue weighted by Gasteiger charge is 2.35. The third-order valence-electron chi connectivity index (χ3n) is 5.99. The highest BCUT2D eigenvalue weighted by Crippen LogP contribution is 2.32. The second-order valence-electron chi connectivity index (χ2n) is 8.11. The van der Waals surface area contributed by atoms with E-state index in [1.165, 1.54) is 48.0 Å². The van der Waals surface area contributed by atoms with E-state index in [9.17, 15) is 9.59 Å². The number of aromatic nitrogens is 1. The monoisotopic (exact) mass is 434 g/mol. The van der Waals surface area contributed by atoms with Crippen LogP contribution in [0.4, 0.5) is 0 Å². The van der Waals surface area contributed by atoms with Gasteiger partial charge in [-0.1, -0.05) is 18.2 Å². The number of carboxylic acids is 2. The largest absolute Gasteiger partial charge is 0.489 e. The number of H-pyrrole nitrogens is 1. The molecule has 0 radical (unpaired) electrons. The predicted octanol–water partition coefficient (Wildman–Crippen LogP) is 4.02. The van der Waals surface area contributed by atoms with Crippen LogP contribution in [0.5, 0.6) is 5.75 Å². The summed E-state index contributed by atoms with van der Waals surface area (Å²) in [6.07, 6.45) is 6.05. The molecule has 0 spiro atoms. The van der Waals surface area contributed by atoms with Crippen molar-refractivity contribution in [1.29, 1.82) is 0 Å². The maximum Gasteiger partial charge on any atom is 0.328 e. The van der Waals surface area contributed by atoms with Gasteiger partial charge in [0.15, 0.2) is 0 Å². The molecular weight excluding hydrogens is 408 g/mol. The smallest absolute Gasteiger partial charge is 0.328 e. The number of aliphatic carboxylic acids is 2. The third kappa shape index (κ3) is 5.36. The summed E-state index contributed by atoms with van der Waals surface area (Å²) in [5, 5.41) is 16.9. The van der Waals surface area contributed by atoms with Gasteiger partial charge >= 0.3 is 11.9 Å². The Morgan fingerprint density at radius 2 is 1.59 bits per heavy atom. The zero-order valence-electron chi connectivity index (χ0n) is 17.6. The van der Waals surface area contributed by atoms with E-state index in [-0.39, 0.29) is 0 Å². The number of benzene rings is 2. The summed E-state index contributed by atoms with van der Waals surface area (Å²) in [6.45, 7) is 3.60. The molecule has 3 aromatic rings. The van der Waals surface area contributed by atoms with E-state index in [0.29, 0.717) is 18.3 Å². The minimum absolute atomic E-state index is 0.370. The molecule has 2 aromatic carbocycles. The van der Waals surface area contributed by atoms with Crippen LogP contribution in [0, 0.1) is 5.92 Å². The lowest BCUT2D eigenvalue weighted by molar-refractivity contribution is -0.134. The summed E-state index contributed by atoms with van der Waals surface area (Å²) >= 11 is 0. The van der Waals surface area contributed by atoms with Crippen LogP contribution in [-0.2, 0) is 9.59 Å². The number of ether oxygens (including phenoxy) is 1. The predicted molar refractivity (Wildman–Crippen MR) is 122 cm³/mol. The molecule has 0 amide bonds. The summed E-state index contributed by atoms with van der Waals surface area (Å²) in [4.78, 5) is 24.9. The zero-order chi connectivity index (χ0) is 22.5. The SMILES string of the molecule is O=C(O)/C=C/C(=O)O.c1cc2cc(-c3ccc(O[C@H]4CN5CCC4CC5)cc3)ccc2[nH]1. The van der Waals surface area contributed by atoms with Gasteiger partial charge in [-0.15, -0.1) is 0 Å². The molecule has 3 aliphatic heterocycles. The number of hydrogen-bond donors (Lipinski definition) is 3. The lowest BCUT2D eigenvalue weighted by Crippen LogP contribution is -2.52. The summed E-state index contributed by atoms with van der Waals surface area (Å²) in [5.41, 5.74) is 3.66. The third-order valence-corrected chi connectivity index (χ3v) is 5.99. The molecule has 3 saturated heterocycles. The molecule has 4 heterocycles. The molecule has 3 fully saturated rings. The van der Waals surface area contributed by atoms with Crippen LogP contribution in [0.2, 0.25) is 0 Å². The summed E-state index contributed by atoms with van der Waals surface area (Å²) in [5.74, 6) is -0.773. The van der Waals surface area contributed by atoms with E-state index in [0.717, 1.165) is 18.2 Å². The molecule has 2 bridgehead atoms. The molecular formula is C25H26N2O5. The van der Waals surface area contributed by atoms with E-state index in [1.807, 2.05) is 6.20 Å². The minimum Gasteiger partial charge on any atom is -0.489 e. The van der Waals surface area contributed by atoms with E-state index in [2.05, 4.69) is 58.4 Å². The summed E-state index contributed by atoms with van der Waals surface area (Å²) in [6, 6.07) is 17.2. The molecule has 0 saturated carbocycles. The van der Waals surface area contributed by atoms with Crippen LogP contribution < -0.4 is 4.74 Å². The van der Waals surface area contributed by atoms with E-state index >= 15 is 0 Å². The molecule has 0 unspecified atom stereocenters. The van der Waals surface area contributed by atoms with Gasteiger partial charge in [-0.25, -0.2) is 9.59 Å². The maximum atomic E-state index is 9.55. The number of rotatable bonds is 5. The van der Waals surface area contributed by atoms with Gasteiger partial charge < -0.3 is 19.9 Å². The normalized spacial score (nSPS) is 21.8. The van der Waals surface area contributed by atoms with E-state index < -0.39 is 11.9 Å². The van der Waals surface area contributed by atoms with Crippen LogP contribution in [0.1, 0.15) is 12.8 Å². The average Bonchev–Trinajstić information content (AvgIpc) is 3.27. The number of nitrogens with one attached hydrogen (secondary N) is 1. The first-order chi connectivity index (χ1) is 15.5. The van der Waals surface area contributed by atoms with Crippen LogP contribution in [0.15, 0.2) is 66.9 Å². The first-order valence-electron chi connectivity index (χ1n) is 10.7. The van der Waals surface area contributed by atoms with E-state index in [1.54, 1.807) is 0 Å². The summed E-state index contributed by atoms with van der Waals surface area (Å²) < 4.78 is 6.29. The van der Waals surface area contributed by atoms with Gasteiger partial charge in [0, 0.05) is 30.4 Å². The summed E-state index contributed by atoms with van der Waals surface area (Å²) in [7, 11) is 0. The number of nitrogens with zero attached hydrogens (tertiary/aromatic N) is 1. The Morgan fingerprint density at radius 1 is 0.938 bits per heavy atom. The quantitative estimate of drug-likeness (QED) is 0.524. The second kappa shape index (κ2) is 9.70. The van der Waals surface area contributed by atoms with Gasteiger partial charge in [0.2, 0.25) is 0 Å². The fourth-order valence-corrected chi connectivity index (χ4v) is 4.32. The molecule has 3 aliphatic rings. The van der Waals surface area contributed by atoms with Crippen molar-refractivity contribution >= 4 is 22.8 Å². The zero-order valence-corrected chi connectivity index (χ0v) is 17.6. The molecule has 7 nitrogen and oxygen atoms in total. The molecule has 3 N–H and O–H groups in total. The Balaban J connectivity index is 0.000000265. The van der Waals surface area contributed by atoms with Crippen molar-refractivity contribution < 1.29 is 24.5 Å².